The monoisotopic (exact) mass is 287 g/mol. The molecular weight excluding hydrogens is 282 g/mol. The summed E-state index contributed by atoms with van der Waals surface area (Å²) in [5.74, 6) is -18.8. The Morgan fingerprint density at radius 3 is 1.72 bits per heavy atom. The molecule has 0 heterocycles. The minimum atomic E-state index is -6.69. The van der Waals surface area contributed by atoms with Crippen molar-refractivity contribution in [1.29, 1.82) is 0 Å². The zero-order valence-electron chi connectivity index (χ0n) is 8.24. The first-order valence-electron chi connectivity index (χ1n) is 4.08. The standard InChI is InChI=1S/C7H5F8NO2/c8-4(9,1-2-16-3-17)5(10,11)6(12,13)7(14,15)18/h18H,1-2H2. The third kappa shape index (κ3) is 2.78. The summed E-state index contributed by atoms with van der Waals surface area (Å²) in [5, 5.41) is 7.53. The average Bonchev–Trinajstić information content (AvgIpc) is 2.15. The van der Waals surface area contributed by atoms with E-state index < -0.39 is 36.8 Å². The predicted molar refractivity (Wildman–Crippen MR) is 39.6 cm³/mol. The molecule has 0 aliphatic carbocycles. The Labute approximate surface area is 94.1 Å². The lowest BCUT2D eigenvalue weighted by atomic mass is 10.0. The lowest BCUT2D eigenvalue weighted by Gasteiger charge is -2.34. The van der Waals surface area contributed by atoms with Crippen molar-refractivity contribution < 1.29 is 45.0 Å². The number of hydrogen-bond acceptors (Lipinski definition) is 3. The molecule has 0 bridgehead atoms. The van der Waals surface area contributed by atoms with Gasteiger partial charge in [-0.1, -0.05) is 0 Å². The highest BCUT2D eigenvalue weighted by Crippen LogP contribution is 2.52. The molecule has 1 N–H and O–H groups in total. The molecule has 0 aliphatic rings. The lowest BCUT2D eigenvalue weighted by Crippen LogP contribution is -2.62. The van der Waals surface area contributed by atoms with Crippen molar-refractivity contribution in [2.75, 3.05) is 6.54 Å². The van der Waals surface area contributed by atoms with Crippen LogP contribution in [0.1, 0.15) is 6.42 Å². The minimum Gasteiger partial charge on any atom is -0.331 e. The second-order valence-electron chi connectivity index (χ2n) is 3.12. The van der Waals surface area contributed by atoms with Crippen LogP contribution in [-0.4, -0.2) is 41.6 Å². The third-order valence-corrected chi connectivity index (χ3v) is 1.83. The van der Waals surface area contributed by atoms with E-state index in [4.69, 9.17) is 5.11 Å². The molecular formula is C7H5F8NO2. The van der Waals surface area contributed by atoms with E-state index in [1.165, 1.54) is 0 Å². The Morgan fingerprint density at radius 1 is 0.944 bits per heavy atom. The molecule has 0 unspecified atom stereocenters. The number of rotatable bonds is 6. The summed E-state index contributed by atoms with van der Waals surface area (Å²) in [5.41, 5.74) is 0. The van der Waals surface area contributed by atoms with Crippen molar-refractivity contribution >= 4 is 6.08 Å². The SMILES string of the molecule is O=C=NCCC(F)(F)C(F)(F)C(F)(F)C(O)(F)F. The summed E-state index contributed by atoms with van der Waals surface area (Å²) in [6.45, 7) is -1.32. The van der Waals surface area contributed by atoms with Crippen molar-refractivity contribution in [2.24, 2.45) is 4.99 Å². The van der Waals surface area contributed by atoms with Gasteiger partial charge in [0.2, 0.25) is 6.08 Å². The number of isocyanates is 1. The van der Waals surface area contributed by atoms with Crippen LogP contribution in [0.3, 0.4) is 0 Å². The molecule has 0 spiro atoms. The van der Waals surface area contributed by atoms with Gasteiger partial charge >= 0.3 is 23.9 Å². The van der Waals surface area contributed by atoms with Gasteiger partial charge in [0.05, 0.1) is 6.54 Å². The molecule has 0 saturated carbocycles. The molecule has 0 rings (SSSR count). The number of nitrogens with zero attached hydrogens (tertiary/aromatic N) is 1. The second kappa shape index (κ2) is 4.81. The van der Waals surface area contributed by atoms with Crippen LogP contribution in [0.4, 0.5) is 35.1 Å². The Hall–Kier alpha value is -1.22. The van der Waals surface area contributed by atoms with E-state index in [9.17, 15) is 39.9 Å². The van der Waals surface area contributed by atoms with E-state index in [1.54, 1.807) is 0 Å². The van der Waals surface area contributed by atoms with E-state index in [2.05, 4.69) is 4.99 Å². The number of alkyl halides is 8. The topological polar surface area (TPSA) is 49.7 Å². The number of halogens is 8. The van der Waals surface area contributed by atoms with Crippen LogP contribution in [-0.2, 0) is 4.79 Å². The van der Waals surface area contributed by atoms with E-state index in [0.29, 0.717) is 6.08 Å². The van der Waals surface area contributed by atoms with E-state index in [1.807, 2.05) is 0 Å². The molecule has 0 radical (unpaired) electrons. The molecule has 0 aliphatic heterocycles. The fourth-order valence-corrected chi connectivity index (χ4v) is 0.818. The molecule has 0 amide bonds. The first-order chi connectivity index (χ1) is 7.81. The second-order valence-corrected chi connectivity index (χ2v) is 3.12. The smallest absolute Gasteiger partial charge is 0.331 e. The highest BCUT2D eigenvalue weighted by Gasteiger charge is 2.80. The van der Waals surface area contributed by atoms with Crippen LogP contribution in [0.2, 0.25) is 0 Å². The van der Waals surface area contributed by atoms with Gasteiger partial charge in [-0.25, -0.2) is 9.79 Å². The van der Waals surface area contributed by atoms with Gasteiger partial charge in [0.25, 0.3) is 0 Å². The fourth-order valence-electron chi connectivity index (χ4n) is 0.818. The summed E-state index contributed by atoms with van der Waals surface area (Å²) < 4.78 is 99.0. The molecule has 11 heteroatoms. The molecule has 0 aromatic carbocycles. The number of carbonyl (C=O) groups excluding carboxylic acids is 1. The molecule has 0 atom stereocenters. The largest absolute Gasteiger partial charge is 0.423 e. The van der Waals surface area contributed by atoms with Crippen molar-refractivity contribution in [3.05, 3.63) is 0 Å². The fraction of sp³-hybridized carbons (Fsp3) is 0.857. The van der Waals surface area contributed by atoms with Crippen molar-refractivity contribution in [2.45, 2.75) is 30.3 Å². The number of aliphatic imine (C=N–C) groups is 1. The van der Waals surface area contributed by atoms with Crippen LogP contribution < -0.4 is 0 Å². The van der Waals surface area contributed by atoms with Crippen LogP contribution in [0, 0.1) is 0 Å². The Balaban J connectivity index is 5.28. The Bertz CT molecular complexity index is 344. The summed E-state index contributed by atoms with van der Waals surface area (Å²) in [6.07, 6.45) is -7.76. The number of hydrogen-bond donors (Lipinski definition) is 1. The maximum atomic E-state index is 12.7. The van der Waals surface area contributed by atoms with Crippen molar-refractivity contribution in [1.82, 2.24) is 0 Å². The molecule has 3 nitrogen and oxygen atoms in total. The summed E-state index contributed by atoms with van der Waals surface area (Å²) in [6, 6.07) is 0. The quantitative estimate of drug-likeness (QED) is 0.462. The molecule has 0 saturated heterocycles. The Morgan fingerprint density at radius 2 is 1.39 bits per heavy atom. The van der Waals surface area contributed by atoms with E-state index in [0.717, 1.165) is 0 Å². The summed E-state index contributed by atoms with van der Waals surface area (Å²) in [7, 11) is 0. The van der Waals surface area contributed by atoms with Crippen LogP contribution >= 0.6 is 0 Å². The molecule has 106 valence electrons. The van der Waals surface area contributed by atoms with Gasteiger partial charge in [-0.05, 0) is 0 Å². The number of aliphatic hydroxyl groups is 1. The first-order valence-corrected chi connectivity index (χ1v) is 4.08. The normalized spacial score (nSPS) is 14.3. The van der Waals surface area contributed by atoms with E-state index in [-0.39, 0.29) is 0 Å². The maximum absolute atomic E-state index is 12.7. The van der Waals surface area contributed by atoms with Crippen LogP contribution in [0.15, 0.2) is 4.99 Å². The predicted octanol–water partition coefficient (Wildman–Crippen LogP) is 2.20. The van der Waals surface area contributed by atoms with Gasteiger partial charge in [0, 0.05) is 6.42 Å². The zero-order valence-corrected chi connectivity index (χ0v) is 8.24. The van der Waals surface area contributed by atoms with Gasteiger partial charge in [-0.2, -0.15) is 35.1 Å². The van der Waals surface area contributed by atoms with Gasteiger partial charge in [-0.15, -0.1) is 0 Å². The maximum Gasteiger partial charge on any atom is 0.423 e. The summed E-state index contributed by atoms with van der Waals surface area (Å²) in [4.78, 5) is 11.9. The van der Waals surface area contributed by atoms with Crippen molar-refractivity contribution in [3.8, 4) is 0 Å². The van der Waals surface area contributed by atoms with E-state index >= 15 is 0 Å². The zero-order chi connectivity index (χ0) is 14.8. The van der Waals surface area contributed by atoms with Gasteiger partial charge in [0.1, 0.15) is 0 Å². The Kier molecular flexibility index (Phi) is 4.48. The minimum absolute atomic E-state index is 0.672. The summed E-state index contributed by atoms with van der Waals surface area (Å²) >= 11 is 0. The first kappa shape index (κ1) is 16.8. The third-order valence-electron chi connectivity index (χ3n) is 1.83. The van der Waals surface area contributed by atoms with Crippen molar-refractivity contribution in [3.63, 3.8) is 0 Å². The highest BCUT2D eigenvalue weighted by molar-refractivity contribution is 5.32. The van der Waals surface area contributed by atoms with Crippen LogP contribution in [0.5, 0.6) is 0 Å². The van der Waals surface area contributed by atoms with Gasteiger partial charge in [0.15, 0.2) is 0 Å². The average molecular weight is 287 g/mol. The molecule has 0 fully saturated rings. The lowest BCUT2D eigenvalue weighted by molar-refractivity contribution is -0.417. The van der Waals surface area contributed by atoms with Crippen LogP contribution in [0.25, 0.3) is 0 Å². The highest BCUT2D eigenvalue weighted by atomic mass is 19.4. The van der Waals surface area contributed by atoms with Gasteiger partial charge in [-0.3, -0.25) is 0 Å². The molecule has 0 aromatic heterocycles. The van der Waals surface area contributed by atoms with Gasteiger partial charge < -0.3 is 5.11 Å². The molecule has 18 heavy (non-hydrogen) atoms. The molecule has 0 aromatic rings.